The Morgan fingerprint density at radius 2 is 1.81 bits per heavy atom. The minimum absolute atomic E-state index is 0.453. The second-order valence-corrected chi connectivity index (χ2v) is 6.53. The van der Waals surface area contributed by atoms with Crippen LogP contribution in [0, 0.1) is 18.3 Å². The number of rotatable bonds is 2. The number of aromatic nitrogens is 2. The summed E-state index contributed by atoms with van der Waals surface area (Å²) in [6.07, 6.45) is -0.647. The second-order valence-electron chi connectivity index (χ2n) is 6.10. The molecule has 1 aromatic heterocycles. The Bertz CT molecular complexity index is 1040. The summed E-state index contributed by atoms with van der Waals surface area (Å²) >= 11 is 6.02. The van der Waals surface area contributed by atoms with E-state index >= 15 is 0 Å². The molecule has 1 atom stereocenters. The molecule has 0 radical (unpaired) electrons. The van der Waals surface area contributed by atoms with E-state index < -0.39 is 6.17 Å². The van der Waals surface area contributed by atoms with Gasteiger partial charge in [-0.05, 0) is 30.2 Å². The highest BCUT2D eigenvalue weighted by molar-refractivity contribution is 6.30. The summed E-state index contributed by atoms with van der Waals surface area (Å²) in [7, 11) is 0. The Hall–Kier alpha value is -3.07. The maximum atomic E-state index is 9.66. The van der Waals surface area contributed by atoms with Crippen LogP contribution < -0.4 is 11.1 Å². The van der Waals surface area contributed by atoms with Crippen LogP contribution in [0.25, 0.3) is 16.8 Å². The molecule has 2 aromatic carbocycles. The summed E-state index contributed by atoms with van der Waals surface area (Å²) in [5, 5.41) is 18.3. The molecule has 128 valence electrons. The molecule has 0 saturated heterocycles. The van der Waals surface area contributed by atoms with Crippen LogP contribution in [0.15, 0.2) is 60.2 Å². The SMILES string of the molecule is Cc1nn2c(c1-c1ccc(Cl)cc1)NC(c1ccccc1)=C(C#N)C2N. The number of hydrogen-bond donors (Lipinski definition) is 2. The van der Waals surface area contributed by atoms with E-state index in [1.54, 1.807) is 4.68 Å². The summed E-state index contributed by atoms with van der Waals surface area (Å²) < 4.78 is 1.67. The standard InChI is InChI=1S/C20H16ClN5/c1-12-17(13-7-9-15(21)10-8-13)20-24-18(14-5-3-2-4-6-14)16(11-22)19(23)26(20)25-12/h2-10,19,24H,23H2,1H3. The highest BCUT2D eigenvalue weighted by atomic mass is 35.5. The Labute approximate surface area is 156 Å². The van der Waals surface area contributed by atoms with Crippen molar-refractivity contribution in [2.24, 2.45) is 5.73 Å². The quantitative estimate of drug-likeness (QED) is 0.712. The predicted molar refractivity (Wildman–Crippen MR) is 103 cm³/mol. The Morgan fingerprint density at radius 3 is 2.46 bits per heavy atom. The molecule has 1 unspecified atom stereocenters. The maximum absolute atomic E-state index is 9.66. The van der Waals surface area contributed by atoms with Gasteiger partial charge in [0, 0.05) is 10.6 Å². The normalized spacial score (nSPS) is 16.0. The number of halogens is 1. The van der Waals surface area contributed by atoms with Crippen LogP contribution >= 0.6 is 11.6 Å². The number of nitrogens with zero attached hydrogens (tertiary/aromatic N) is 3. The van der Waals surface area contributed by atoms with Gasteiger partial charge < -0.3 is 11.1 Å². The zero-order valence-corrected chi connectivity index (χ0v) is 14.8. The Morgan fingerprint density at radius 1 is 1.12 bits per heavy atom. The molecule has 1 aliphatic rings. The van der Waals surface area contributed by atoms with Crippen molar-refractivity contribution >= 4 is 23.1 Å². The van der Waals surface area contributed by atoms with Gasteiger partial charge in [-0.1, -0.05) is 54.1 Å². The van der Waals surface area contributed by atoms with E-state index in [0.29, 0.717) is 16.3 Å². The molecule has 5 nitrogen and oxygen atoms in total. The molecular formula is C20H16ClN5. The minimum Gasteiger partial charge on any atom is -0.338 e. The number of nitrogens with one attached hydrogen (secondary N) is 1. The third-order valence-electron chi connectivity index (χ3n) is 4.47. The number of nitrogens with two attached hydrogens (primary N) is 1. The van der Waals surface area contributed by atoms with Crippen LogP contribution in [0.2, 0.25) is 5.02 Å². The van der Waals surface area contributed by atoms with Gasteiger partial charge in [-0.3, -0.25) is 0 Å². The zero-order chi connectivity index (χ0) is 18.3. The first-order valence-corrected chi connectivity index (χ1v) is 8.55. The molecule has 3 N–H and O–H groups in total. The van der Waals surface area contributed by atoms with Crippen molar-refractivity contribution in [3.63, 3.8) is 0 Å². The first-order chi connectivity index (χ1) is 12.6. The number of nitriles is 1. The van der Waals surface area contributed by atoms with Crippen molar-refractivity contribution in [3.8, 4) is 17.2 Å². The van der Waals surface area contributed by atoms with Gasteiger partial charge in [0.2, 0.25) is 0 Å². The van der Waals surface area contributed by atoms with Gasteiger partial charge in [-0.2, -0.15) is 10.4 Å². The largest absolute Gasteiger partial charge is 0.338 e. The molecule has 0 amide bonds. The van der Waals surface area contributed by atoms with Crippen molar-refractivity contribution in [3.05, 3.63) is 76.5 Å². The second kappa shape index (κ2) is 6.34. The number of aryl methyl sites for hydroxylation is 1. The third kappa shape index (κ3) is 2.57. The molecule has 0 saturated carbocycles. The van der Waals surface area contributed by atoms with E-state index in [1.807, 2.05) is 61.5 Å². The summed E-state index contributed by atoms with van der Waals surface area (Å²) in [6, 6.07) is 19.5. The van der Waals surface area contributed by atoms with Gasteiger partial charge in [0.15, 0.2) is 0 Å². The molecule has 6 heteroatoms. The summed E-state index contributed by atoms with van der Waals surface area (Å²) in [4.78, 5) is 0. The van der Waals surface area contributed by atoms with Gasteiger partial charge in [0.1, 0.15) is 18.1 Å². The molecular weight excluding hydrogens is 346 g/mol. The van der Waals surface area contributed by atoms with E-state index in [1.165, 1.54) is 0 Å². The summed E-state index contributed by atoms with van der Waals surface area (Å²) in [5.74, 6) is 0.773. The fraction of sp³-hybridized carbons (Fsp3) is 0.100. The van der Waals surface area contributed by atoms with Crippen LogP contribution in [-0.4, -0.2) is 9.78 Å². The van der Waals surface area contributed by atoms with Crippen molar-refractivity contribution in [2.45, 2.75) is 13.1 Å². The minimum atomic E-state index is -0.647. The number of anilines is 1. The molecule has 0 bridgehead atoms. The Balaban J connectivity index is 1.89. The molecule has 1 aliphatic heterocycles. The van der Waals surface area contributed by atoms with Gasteiger partial charge in [-0.25, -0.2) is 4.68 Å². The predicted octanol–water partition coefficient (Wildman–Crippen LogP) is 4.33. The zero-order valence-electron chi connectivity index (χ0n) is 14.1. The first-order valence-electron chi connectivity index (χ1n) is 8.17. The summed E-state index contributed by atoms with van der Waals surface area (Å²) in [6.45, 7) is 1.93. The van der Waals surface area contributed by atoms with Crippen molar-refractivity contribution in [2.75, 3.05) is 5.32 Å². The molecule has 0 aliphatic carbocycles. The lowest BCUT2D eigenvalue weighted by Crippen LogP contribution is -2.29. The van der Waals surface area contributed by atoms with E-state index in [0.717, 1.165) is 28.2 Å². The van der Waals surface area contributed by atoms with Crippen LogP contribution in [0.1, 0.15) is 17.4 Å². The molecule has 0 fully saturated rings. The monoisotopic (exact) mass is 361 g/mol. The van der Waals surface area contributed by atoms with E-state index in [2.05, 4.69) is 16.5 Å². The lowest BCUT2D eigenvalue weighted by Gasteiger charge is -2.26. The topological polar surface area (TPSA) is 79.7 Å². The van der Waals surface area contributed by atoms with Crippen molar-refractivity contribution in [1.29, 1.82) is 5.26 Å². The lowest BCUT2D eigenvalue weighted by molar-refractivity contribution is 0.540. The molecule has 26 heavy (non-hydrogen) atoms. The molecule has 2 heterocycles. The van der Waals surface area contributed by atoms with Crippen LogP contribution in [0.5, 0.6) is 0 Å². The fourth-order valence-corrected chi connectivity index (χ4v) is 3.37. The average molecular weight is 362 g/mol. The van der Waals surface area contributed by atoms with Gasteiger partial charge in [-0.15, -0.1) is 0 Å². The molecule has 0 spiro atoms. The van der Waals surface area contributed by atoms with Gasteiger partial charge in [0.25, 0.3) is 0 Å². The molecule has 4 rings (SSSR count). The first kappa shape index (κ1) is 16.4. The number of fused-ring (bicyclic) bond motifs is 1. The lowest BCUT2D eigenvalue weighted by atomic mass is 10.0. The average Bonchev–Trinajstić information content (AvgIpc) is 2.99. The number of hydrogen-bond acceptors (Lipinski definition) is 4. The highest BCUT2D eigenvalue weighted by Gasteiger charge is 2.30. The molecule has 3 aromatic rings. The van der Waals surface area contributed by atoms with Crippen LogP contribution in [-0.2, 0) is 0 Å². The van der Waals surface area contributed by atoms with E-state index in [9.17, 15) is 5.26 Å². The van der Waals surface area contributed by atoms with Crippen LogP contribution in [0.3, 0.4) is 0 Å². The highest BCUT2D eigenvalue weighted by Crippen LogP contribution is 2.40. The van der Waals surface area contributed by atoms with Crippen molar-refractivity contribution in [1.82, 2.24) is 9.78 Å². The maximum Gasteiger partial charge on any atom is 0.139 e. The number of benzene rings is 2. The summed E-state index contributed by atoms with van der Waals surface area (Å²) in [5.41, 5.74) is 11.2. The smallest absolute Gasteiger partial charge is 0.139 e. The van der Waals surface area contributed by atoms with Gasteiger partial charge >= 0.3 is 0 Å². The van der Waals surface area contributed by atoms with Crippen molar-refractivity contribution < 1.29 is 0 Å². The fourth-order valence-electron chi connectivity index (χ4n) is 3.24. The van der Waals surface area contributed by atoms with Crippen LogP contribution in [0.4, 0.5) is 5.82 Å². The Kier molecular flexibility index (Phi) is 4.00. The van der Waals surface area contributed by atoms with E-state index in [4.69, 9.17) is 17.3 Å². The van der Waals surface area contributed by atoms with E-state index in [-0.39, 0.29) is 0 Å². The van der Waals surface area contributed by atoms with Gasteiger partial charge in [0.05, 0.1) is 17.0 Å². The third-order valence-corrected chi connectivity index (χ3v) is 4.73.